The molecule has 8 heteroatoms. The van der Waals surface area contributed by atoms with Crippen molar-refractivity contribution in [2.24, 2.45) is 5.73 Å². The van der Waals surface area contributed by atoms with Gasteiger partial charge in [0.05, 0.1) is 0 Å². The van der Waals surface area contributed by atoms with Gasteiger partial charge in [-0.15, -0.1) is 0 Å². The maximum Gasteiger partial charge on any atom is 0.528 e. The van der Waals surface area contributed by atoms with Crippen molar-refractivity contribution in [2.45, 2.75) is 0 Å². The zero-order valence-electron chi connectivity index (χ0n) is 4.64. The average molecular weight is 148 g/mol. The van der Waals surface area contributed by atoms with Crippen LogP contribution < -0.4 is 5.73 Å². The molecule has 0 rings (SSSR count). The fourth-order valence-corrected chi connectivity index (χ4v) is 0.352. The SMILES string of the molecule is NC(=O)OP(=O)(O)O.[Li]. The Balaban J connectivity index is 0. The summed E-state index contributed by atoms with van der Waals surface area (Å²) in [6, 6.07) is 0. The van der Waals surface area contributed by atoms with Gasteiger partial charge in [-0.05, 0) is 0 Å². The number of nitrogens with two attached hydrogens (primary N) is 1. The quantitative estimate of drug-likeness (QED) is 0.319. The van der Waals surface area contributed by atoms with Gasteiger partial charge in [0.1, 0.15) is 0 Å². The summed E-state index contributed by atoms with van der Waals surface area (Å²) in [5.74, 6) is 0. The topological polar surface area (TPSA) is 110 Å². The second kappa shape index (κ2) is 3.93. The monoisotopic (exact) mass is 148 g/mol. The van der Waals surface area contributed by atoms with Gasteiger partial charge in [0.15, 0.2) is 0 Å². The summed E-state index contributed by atoms with van der Waals surface area (Å²) in [6.07, 6.45) is -1.49. The van der Waals surface area contributed by atoms with Crippen molar-refractivity contribution in [3.63, 3.8) is 0 Å². The van der Waals surface area contributed by atoms with Crippen LogP contribution in [-0.4, -0.2) is 34.7 Å². The molecule has 0 aliphatic rings. The number of hydrogen-bond acceptors (Lipinski definition) is 3. The Morgan fingerprint density at radius 3 is 1.89 bits per heavy atom. The van der Waals surface area contributed by atoms with Gasteiger partial charge in [-0.1, -0.05) is 0 Å². The van der Waals surface area contributed by atoms with Crippen LogP contribution in [-0.2, 0) is 9.09 Å². The van der Waals surface area contributed by atoms with Crippen LogP contribution in [0.3, 0.4) is 0 Å². The standard InChI is InChI=1S/CH4NO5P.Li/c2-1(3)7-8(4,5)6;/h(H2,2,3)(H2,4,5,6);. The normalized spacial score (nSPS) is 9.56. The molecule has 0 spiro atoms. The fourth-order valence-electron chi connectivity index (χ4n) is 0.117. The molecule has 6 nitrogen and oxygen atoms in total. The maximum absolute atomic E-state index is 9.61. The fraction of sp³-hybridized carbons (Fsp3) is 0. The third-order valence-electron chi connectivity index (χ3n) is 0.209. The molecule has 4 N–H and O–H groups in total. The van der Waals surface area contributed by atoms with Crippen molar-refractivity contribution in [3.05, 3.63) is 0 Å². The molecule has 0 aliphatic carbocycles. The number of phosphoric acid groups is 1. The molecule has 0 fully saturated rings. The summed E-state index contributed by atoms with van der Waals surface area (Å²) in [5.41, 5.74) is 4.23. The molecule has 0 aromatic rings. The smallest absolute Gasteiger partial charge is 0.354 e. The van der Waals surface area contributed by atoms with Gasteiger partial charge in [-0.3, -0.25) is 9.79 Å². The van der Waals surface area contributed by atoms with Crippen molar-refractivity contribution < 1.29 is 23.7 Å². The first-order valence-corrected chi connectivity index (χ1v) is 2.99. The van der Waals surface area contributed by atoms with E-state index in [4.69, 9.17) is 9.79 Å². The molecule has 0 saturated carbocycles. The molecule has 0 heterocycles. The summed E-state index contributed by atoms with van der Waals surface area (Å²) in [6.45, 7) is 0. The summed E-state index contributed by atoms with van der Waals surface area (Å²) in [7, 11) is -4.70. The molecule has 0 aliphatic heterocycles. The van der Waals surface area contributed by atoms with E-state index < -0.39 is 13.9 Å². The minimum Gasteiger partial charge on any atom is -0.354 e. The maximum atomic E-state index is 9.61. The second-order valence-electron chi connectivity index (χ2n) is 0.901. The summed E-state index contributed by atoms with van der Waals surface area (Å²) in [4.78, 5) is 25.1. The average Bonchev–Trinajstić information content (AvgIpc) is 1.21. The Hall–Kier alpha value is 0.0174. The van der Waals surface area contributed by atoms with Crippen molar-refractivity contribution in [2.75, 3.05) is 0 Å². The molecule has 0 bridgehead atoms. The Labute approximate surface area is 62.8 Å². The van der Waals surface area contributed by atoms with Gasteiger partial charge >= 0.3 is 13.9 Å². The summed E-state index contributed by atoms with van der Waals surface area (Å²) < 4.78 is 12.9. The molecular formula is CH4LiNO5P. The molecule has 0 atom stereocenters. The van der Waals surface area contributed by atoms with Gasteiger partial charge in [-0.25, -0.2) is 9.36 Å². The van der Waals surface area contributed by atoms with Crippen molar-refractivity contribution in [1.29, 1.82) is 0 Å². The van der Waals surface area contributed by atoms with Gasteiger partial charge in [0.2, 0.25) is 0 Å². The zero-order valence-corrected chi connectivity index (χ0v) is 5.54. The molecule has 0 saturated heterocycles. The van der Waals surface area contributed by atoms with Crippen LogP contribution in [0, 0.1) is 0 Å². The Kier molecular flexibility index (Phi) is 5.15. The van der Waals surface area contributed by atoms with E-state index in [1.807, 2.05) is 0 Å². The Morgan fingerprint density at radius 2 is 1.89 bits per heavy atom. The van der Waals surface area contributed by atoms with E-state index in [9.17, 15) is 9.36 Å². The number of carbonyl (C=O) groups excluding carboxylic acids is 1. The first-order chi connectivity index (χ1) is 3.42. The number of phosphoric ester groups is 1. The van der Waals surface area contributed by atoms with Crippen molar-refractivity contribution >= 4 is 32.8 Å². The van der Waals surface area contributed by atoms with Crippen LogP contribution in [0.2, 0.25) is 0 Å². The van der Waals surface area contributed by atoms with Gasteiger partial charge in [-0.2, -0.15) is 0 Å². The molecular weight excluding hydrogens is 144 g/mol. The molecule has 9 heavy (non-hydrogen) atoms. The predicted molar refractivity (Wildman–Crippen MR) is 28.5 cm³/mol. The Bertz CT molecular complexity index is 140. The van der Waals surface area contributed by atoms with Gasteiger partial charge < -0.3 is 10.3 Å². The van der Waals surface area contributed by atoms with Crippen LogP contribution in [0.5, 0.6) is 0 Å². The molecule has 0 unspecified atom stereocenters. The molecule has 0 aromatic carbocycles. The Morgan fingerprint density at radius 1 is 1.56 bits per heavy atom. The second-order valence-corrected chi connectivity index (χ2v) is 2.06. The van der Waals surface area contributed by atoms with Crippen molar-refractivity contribution in [1.82, 2.24) is 0 Å². The first-order valence-electron chi connectivity index (χ1n) is 1.46. The third-order valence-corrected chi connectivity index (χ3v) is 0.627. The number of carbonyl (C=O) groups is 1. The number of primary amides is 1. The van der Waals surface area contributed by atoms with Crippen LogP contribution in [0.4, 0.5) is 4.79 Å². The van der Waals surface area contributed by atoms with Crippen molar-refractivity contribution in [3.8, 4) is 0 Å². The van der Waals surface area contributed by atoms with Crippen LogP contribution in [0.1, 0.15) is 0 Å². The number of amides is 1. The largest absolute Gasteiger partial charge is 0.528 e. The third kappa shape index (κ3) is 11.5. The van der Waals surface area contributed by atoms with E-state index in [1.165, 1.54) is 0 Å². The van der Waals surface area contributed by atoms with Crippen LogP contribution in [0.25, 0.3) is 0 Å². The molecule has 1 amide bonds. The minimum atomic E-state index is -4.70. The van der Waals surface area contributed by atoms with E-state index in [1.54, 1.807) is 0 Å². The minimum absolute atomic E-state index is 0. The molecule has 1 radical (unpaired) electrons. The number of hydrogen-bond donors (Lipinski definition) is 3. The van der Waals surface area contributed by atoms with Gasteiger partial charge in [0.25, 0.3) is 0 Å². The summed E-state index contributed by atoms with van der Waals surface area (Å²) in [5, 5.41) is 0. The van der Waals surface area contributed by atoms with E-state index in [-0.39, 0.29) is 18.9 Å². The van der Waals surface area contributed by atoms with E-state index in [0.717, 1.165) is 0 Å². The molecule has 0 aromatic heterocycles. The van der Waals surface area contributed by atoms with Gasteiger partial charge in [0, 0.05) is 18.9 Å². The summed E-state index contributed by atoms with van der Waals surface area (Å²) >= 11 is 0. The van der Waals surface area contributed by atoms with Crippen LogP contribution in [0.15, 0.2) is 0 Å². The molecule has 49 valence electrons. The van der Waals surface area contributed by atoms with E-state index in [2.05, 4.69) is 10.3 Å². The van der Waals surface area contributed by atoms with E-state index >= 15 is 0 Å². The predicted octanol–water partition coefficient (Wildman–Crippen LogP) is -1.21. The number of rotatable bonds is 1. The van der Waals surface area contributed by atoms with E-state index in [0.29, 0.717) is 0 Å². The van der Waals surface area contributed by atoms with Crippen LogP contribution >= 0.6 is 7.82 Å². The first kappa shape index (κ1) is 11.8. The zero-order chi connectivity index (χ0) is 6.78.